The van der Waals surface area contributed by atoms with Gasteiger partial charge < -0.3 is 15.6 Å². The van der Waals surface area contributed by atoms with E-state index < -0.39 is 11.0 Å². The summed E-state index contributed by atoms with van der Waals surface area (Å²) < 4.78 is 4.91. The molecule has 0 bridgehead atoms. The van der Waals surface area contributed by atoms with Crippen molar-refractivity contribution in [3.63, 3.8) is 0 Å². The van der Waals surface area contributed by atoms with Crippen LogP contribution in [0.25, 0.3) is 0 Å². The zero-order valence-electron chi connectivity index (χ0n) is 10.3. The molecular weight excluding hydrogens is 236 g/mol. The summed E-state index contributed by atoms with van der Waals surface area (Å²) in [7, 11) is 1.60. The summed E-state index contributed by atoms with van der Waals surface area (Å²) in [5.41, 5.74) is 6.47. The van der Waals surface area contributed by atoms with Gasteiger partial charge in [0.25, 0.3) is 5.69 Å². The monoisotopic (exact) mass is 254 g/mol. The van der Waals surface area contributed by atoms with Crippen molar-refractivity contribution in [1.29, 1.82) is 0 Å². The molecule has 0 saturated heterocycles. The van der Waals surface area contributed by atoms with Crippen molar-refractivity contribution < 1.29 is 14.8 Å². The minimum absolute atomic E-state index is 0.00892. The number of benzene rings is 1. The molecule has 0 fully saturated rings. The topological polar surface area (TPSA) is 98.6 Å². The van der Waals surface area contributed by atoms with Crippen molar-refractivity contribution in [3.05, 3.63) is 39.9 Å². The first-order chi connectivity index (χ1) is 8.54. The van der Waals surface area contributed by atoms with Crippen molar-refractivity contribution in [3.8, 4) is 0 Å². The van der Waals surface area contributed by atoms with E-state index in [0.717, 1.165) is 0 Å². The fourth-order valence-electron chi connectivity index (χ4n) is 1.63. The number of rotatable bonds is 7. The molecule has 100 valence electrons. The molecule has 0 aliphatic rings. The number of methoxy groups -OCH3 is 1. The smallest absolute Gasteiger partial charge is 0.269 e. The molecule has 0 aromatic heterocycles. The van der Waals surface area contributed by atoms with Gasteiger partial charge in [0, 0.05) is 31.9 Å². The summed E-state index contributed by atoms with van der Waals surface area (Å²) in [6.45, 7) is 0.550. The zero-order valence-corrected chi connectivity index (χ0v) is 10.3. The summed E-state index contributed by atoms with van der Waals surface area (Å²) in [5, 5.41) is 20.4. The first-order valence-electron chi connectivity index (χ1n) is 5.71. The molecular formula is C12H18N2O4. The number of nitro benzene ring substituents is 1. The van der Waals surface area contributed by atoms with Crippen LogP contribution in [0, 0.1) is 10.1 Å². The fourth-order valence-corrected chi connectivity index (χ4v) is 1.63. The molecule has 0 radical (unpaired) electrons. The Morgan fingerprint density at radius 1 is 1.44 bits per heavy atom. The first kappa shape index (κ1) is 14.6. The highest BCUT2D eigenvalue weighted by Gasteiger charge is 2.14. The Labute approximate surface area is 106 Å². The number of non-ortho nitro benzene ring substituents is 1. The Balaban J connectivity index is 2.55. The van der Waals surface area contributed by atoms with E-state index in [2.05, 4.69) is 0 Å². The second kappa shape index (κ2) is 7.05. The van der Waals surface area contributed by atoms with Gasteiger partial charge in [0.05, 0.1) is 11.0 Å². The molecule has 1 aromatic rings. The lowest BCUT2D eigenvalue weighted by Crippen LogP contribution is -2.24. The average Bonchev–Trinajstić information content (AvgIpc) is 2.36. The standard InChI is InChI=1S/C12H18N2O4/c1-18-7-6-10(13)8-12(15)9-2-4-11(5-3-9)14(16)17/h2-5,10,12,15H,6-8,13H2,1H3. The molecule has 6 heteroatoms. The van der Waals surface area contributed by atoms with Crippen molar-refractivity contribution >= 4 is 5.69 Å². The highest BCUT2D eigenvalue weighted by molar-refractivity contribution is 5.33. The molecule has 0 spiro atoms. The number of nitro groups is 1. The van der Waals surface area contributed by atoms with Crippen LogP contribution in [0.15, 0.2) is 24.3 Å². The highest BCUT2D eigenvalue weighted by Crippen LogP contribution is 2.21. The maximum absolute atomic E-state index is 10.5. The van der Waals surface area contributed by atoms with Gasteiger partial charge >= 0.3 is 0 Å². The molecule has 6 nitrogen and oxygen atoms in total. The van der Waals surface area contributed by atoms with Gasteiger partial charge in [-0.05, 0) is 30.5 Å². The molecule has 0 heterocycles. The Hall–Kier alpha value is -1.50. The van der Waals surface area contributed by atoms with Crippen LogP contribution in [0.5, 0.6) is 0 Å². The van der Waals surface area contributed by atoms with Crippen LogP contribution in [-0.4, -0.2) is 29.8 Å². The van der Waals surface area contributed by atoms with Crippen LogP contribution in [0.4, 0.5) is 5.69 Å². The molecule has 18 heavy (non-hydrogen) atoms. The van der Waals surface area contributed by atoms with E-state index in [1.807, 2.05) is 0 Å². The third kappa shape index (κ3) is 4.40. The third-order valence-electron chi connectivity index (χ3n) is 2.71. The summed E-state index contributed by atoms with van der Waals surface area (Å²) >= 11 is 0. The Bertz CT molecular complexity index is 380. The Morgan fingerprint density at radius 2 is 2.06 bits per heavy atom. The molecule has 0 aliphatic carbocycles. The summed E-state index contributed by atoms with van der Waals surface area (Å²) in [6, 6.07) is 5.69. The number of aliphatic hydroxyl groups is 1. The predicted octanol–water partition coefficient (Wildman–Crippen LogP) is 1.38. The second-order valence-corrected chi connectivity index (χ2v) is 4.14. The van der Waals surface area contributed by atoms with Gasteiger partial charge in [0.15, 0.2) is 0 Å². The van der Waals surface area contributed by atoms with Crippen LogP contribution in [-0.2, 0) is 4.74 Å². The molecule has 0 aliphatic heterocycles. The van der Waals surface area contributed by atoms with Crippen molar-refractivity contribution in [2.75, 3.05) is 13.7 Å². The van der Waals surface area contributed by atoms with Crippen LogP contribution < -0.4 is 5.73 Å². The van der Waals surface area contributed by atoms with Crippen molar-refractivity contribution in [2.24, 2.45) is 5.73 Å². The quantitative estimate of drug-likeness (QED) is 0.565. The van der Waals surface area contributed by atoms with Crippen LogP contribution in [0.2, 0.25) is 0 Å². The Morgan fingerprint density at radius 3 is 2.56 bits per heavy atom. The van der Waals surface area contributed by atoms with Gasteiger partial charge in [-0.3, -0.25) is 10.1 Å². The average molecular weight is 254 g/mol. The molecule has 2 atom stereocenters. The SMILES string of the molecule is COCCC(N)CC(O)c1ccc([N+](=O)[O-])cc1. The molecule has 0 saturated carbocycles. The van der Waals surface area contributed by atoms with Crippen molar-refractivity contribution in [1.82, 2.24) is 0 Å². The highest BCUT2D eigenvalue weighted by atomic mass is 16.6. The van der Waals surface area contributed by atoms with Gasteiger partial charge in [-0.25, -0.2) is 0 Å². The number of hydrogen-bond donors (Lipinski definition) is 2. The van der Waals surface area contributed by atoms with Gasteiger partial charge in [0.1, 0.15) is 0 Å². The number of hydrogen-bond acceptors (Lipinski definition) is 5. The van der Waals surface area contributed by atoms with E-state index in [1.54, 1.807) is 19.2 Å². The van der Waals surface area contributed by atoms with Gasteiger partial charge in [-0.1, -0.05) is 0 Å². The van der Waals surface area contributed by atoms with E-state index in [9.17, 15) is 15.2 Å². The summed E-state index contributed by atoms with van der Waals surface area (Å²) in [6.07, 6.45) is 0.361. The van der Waals surface area contributed by atoms with Gasteiger partial charge in [-0.15, -0.1) is 0 Å². The Kier molecular flexibility index (Phi) is 5.70. The fraction of sp³-hybridized carbons (Fsp3) is 0.500. The number of ether oxygens (including phenoxy) is 1. The van der Waals surface area contributed by atoms with Gasteiger partial charge in [-0.2, -0.15) is 0 Å². The molecule has 0 amide bonds. The minimum Gasteiger partial charge on any atom is -0.388 e. The number of aliphatic hydroxyl groups excluding tert-OH is 1. The lowest BCUT2D eigenvalue weighted by Gasteiger charge is -2.16. The van der Waals surface area contributed by atoms with Gasteiger partial charge in [0.2, 0.25) is 0 Å². The number of nitrogens with zero attached hydrogens (tertiary/aromatic N) is 1. The second-order valence-electron chi connectivity index (χ2n) is 4.14. The van der Waals surface area contributed by atoms with Crippen LogP contribution in [0.3, 0.4) is 0 Å². The summed E-state index contributed by atoms with van der Waals surface area (Å²) in [5.74, 6) is 0. The van der Waals surface area contributed by atoms with E-state index >= 15 is 0 Å². The van der Waals surface area contributed by atoms with E-state index in [-0.39, 0.29) is 11.7 Å². The van der Waals surface area contributed by atoms with Crippen LogP contribution in [0.1, 0.15) is 24.5 Å². The molecule has 1 rings (SSSR count). The first-order valence-corrected chi connectivity index (χ1v) is 5.71. The maximum atomic E-state index is 10.5. The lowest BCUT2D eigenvalue weighted by molar-refractivity contribution is -0.384. The minimum atomic E-state index is -0.710. The lowest BCUT2D eigenvalue weighted by atomic mass is 10.0. The predicted molar refractivity (Wildman–Crippen MR) is 67.1 cm³/mol. The van der Waals surface area contributed by atoms with E-state index in [4.69, 9.17) is 10.5 Å². The van der Waals surface area contributed by atoms with Crippen molar-refractivity contribution in [2.45, 2.75) is 25.0 Å². The summed E-state index contributed by atoms with van der Waals surface area (Å²) in [4.78, 5) is 10.0. The molecule has 2 unspecified atom stereocenters. The zero-order chi connectivity index (χ0) is 13.5. The molecule has 3 N–H and O–H groups in total. The molecule has 1 aromatic carbocycles. The third-order valence-corrected chi connectivity index (χ3v) is 2.71. The van der Waals surface area contributed by atoms with E-state index in [0.29, 0.717) is 25.0 Å². The van der Waals surface area contributed by atoms with Crippen LogP contribution >= 0.6 is 0 Å². The normalized spacial score (nSPS) is 14.2. The number of nitrogens with two attached hydrogens (primary N) is 1. The largest absolute Gasteiger partial charge is 0.388 e. The maximum Gasteiger partial charge on any atom is 0.269 e. The van der Waals surface area contributed by atoms with E-state index in [1.165, 1.54) is 12.1 Å².